The Balaban J connectivity index is 3.25. The van der Waals surface area contributed by atoms with Crippen molar-refractivity contribution in [3.63, 3.8) is 0 Å². The van der Waals surface area contributed by atoms with Crippen LogP contribution in [-0.4, -0.2) is 0 Å². The normalized spacial score (nSPS) is 9.67. The van der Waals surface area contributed by atoms with Crippen molar-refractivity contribution >= 4 is 50.1 Å². The van der Waals surface area contributed by atoms with Gasteiger partial charge in [-0.05, 0) is 50.7 Å². The van der Waals surface area contributed by atoms with Crippen LogP contribution in [0.4, 0.5) is 0 Å². The number of hydrogen-bond acceptors (Lipinski definition) is 0. The zero-order valence-corrected chi connectivity index (χ0v) is 8.87. The molecule has 9 heavy (non-hydrogen) atoms. The van der Waals surface area contributed by atoms with Gasteiger partial charge in [-0.1, -0.05) is 17.7 Å². The van der Waals surface area contributed by atoms with Gasteiger partial charge in [-0.15, -0.1) is 0 Å². The third-order valence-electron chi connectivity index (χ3n) is 0.904. The number of benzene rings is 1. The van der Waals surface area contributed by atoms with E-state index in [-0.39, 0.29) is 0 Å². The molecule has 0 aliphatic heterocycles. The Morgan fingerprint density at radius 3 is 2.56 bits per heavy atom. The monoisotopic (exact) mass is 316 g/mol. The molecular formula is C6H3BrClI. The Labute approximate surface area is 80.9 Å². The molecule has 0 bridgehead atoms. The first-order valence-corrected chi connectivity index (χ1v) is 4.56. The van der Waals surface area contributed by atoms with Crippen LogP contribution in [0.3, 0.4) is 0 Å². The first kappa shape index (κ1) is 7.82. The first-order valence-electron chi connectivity index (χ1n) is 2.31. The fourth-order valence-corrected chi connectivity index (χ4v) is 1.84. The van der Waals surface area contributed by atoms with E-state index in [9.17, 15) is 0 Å². The predicted molar refractivity (Wildman–Crippen MR) is 51.9 cm³/mol. The number of rotatable bonds is 0. The second-order valence-electron chi connectivity index (χ2n) is 1.54. The topological polar surface area (TPSA) is 0 Å². The summed E-state index contributed by atoms with van der Waals surface area (Å²) in [6.45, 7) is 0. The summed E-state index contributed by atoms with van der Waals surface area (Å²) in [4.78, 5) is 0. The minimum atomic E-state index is 0.790. The van der Waals surface area contributed by atoms with E-state index in [1.165, 1.54) is 0 Å². The van der Waals surface area contributed by atoms with Crippen LogP contribution in [0.2, 0.25) is 5.02 Å². The van der Waals surface area contributed by atoms with Gasteiger partial charge in [0.2, 0.25) is 0 Å². The summed E-state index contributed by atoms with van der Waals surface area (Å²) in [5, 5.41) is 0.790. The molecule has 0 unspecified atom stereocenters. The Bertz CT molecular complexity index is 204. The van der Waals surface area contributed by atoms with Crippen LogP contribution in [0, 0.1) is 3.57 Å². The zero-order valence-electron chi connectivity index (χ0n) is 4.37. The predicted octanol–water partition coefficient (Wildman–Crippen LogP) is 3.71. The summed E-state index contributed by atoms with van der Waals surface area (Å²) >= 11 is 11.3. The quantitative estimate of drug-likeness (QED) is 0.505. The van der Waals surface area contributed by atoms with Crippen LogP contribution in [0.1, 0.15) is 0 Å². The molecule has 3 heteroatoms. The number of hydrogen-bond donors (Lipinski definition) is 0. The number of halogens is 3. The van der Waals surface area contributed by atoms with Gasteiger partial charge >= 0.3 is 0 Å². The van der Waals surface area contributed by atoms with Gasteiger partial charge < -0.3 is 0 Å². The van der Waals surface area contributed by atoms with Crippen molar-refractivity contribution in [2.24, 2.45) is 0 Å². The molecule has 1 aromatic carbocycles. The van der Waals surface area contributed by atoms with Gasteiger partial charge in [0.1, 0.15) is 0 Å². The highest BCUT2D eigenvalue weighted by Crippen LogP contribution is 2.26. The largest absolute Gasteiger partial charge is 0.0819 e. The molecule has 0 spiro atoms. The molecule has 1 aromatic rings. The lowest BCUT2D eigenvalue weighted by Crippen LogP contribution is -1.72. The highest BCUT2D eigenvalue weighted by Gasteiger charge is 1.97. The van der Waals surface area contributed by atoms with Crippen LogP contribution >= 0.6 is 50.1 Å². The lowest BCUT2D eigenvalue weighted by Gasteiger charge is -1.95. The van der Waals surface area contributed by atoms with Crippen LogP contribution in [0.25, 0.3) is 0 Å². The second-order valence-corrected chi connectivity index (χ2v) is 3.93. The van der Waals surface area contributed by atoms with E-state index in [0.29, 0.717) is 0 Å². The van der Waals surface area contributed by atoms with Gasteiger partial charge in [-0.2, -0.15) is 0 Å². The molecule has 0 heterocycles. The van der Waals surface area contributed by atoms with Crippen molar-refractivity contribution in [3.05, 3.63) is 31.3 Å². The summed E-state index contributed by atoms with van der Waals surface area (Å²) in [5.74, 6) is 0. The maximum absolute atomic E-state index is 5.82. The summed E-state index contributed by atoms with van der Waals surface area (Å²) < 4.78 is 2.03. The third kappa shape index (κ3) is 1.82. The minimum Gasteiger partial charge on any atom is -0.0819 e. The molecule has 0 saturated heterocycles. The SMILES string of the molecule is Clc1c(Br)cccc1I. The average Bonchev–Trinajstić information content (AvgIpc) is 1.83. The van der Waals surface area contributed by atoms with E-state index in [2.05, 4.69) is 38.5 Å². The van der Waals surface area contributed by atoms with E-state index in [4.69, 9.17) is 11.6 Å². The lowest BCUT2D eigenvalue weighted by molar-refractivity contribution is 1.60. The molecule has 0 radical (unpaired) electrons. The smallest absolute Gasteiger partial charge is 0.0681 e. The molecule has 0 amide bonds. The molecule has 0 aliphatic rings. The standard InChI is InChI=1S/C6H3BrClI/c7-4-2-1-3-5(9)6(4)8/h1-3H. The fourth-order valence-electron chi connectivity index (χ4n) is 0.477. The van der Waals surface area contributed by atoms with Gasteiger partial charge in [0.15, 0.2) is 0 Å². The lowest BCUT2D eigenvalue weighted by atomic mass is 10.4. The second kappa shape index (κ2) is 3.21. The summed E-state index contributed by atoms with van der Waals surface area (Å²) in [6, 6.07) is 5.84. The van der Waals surface area contributed by atoms with E-state index >= 15 is 0 Å². The summed E-state index contributed by atoms with van der Waals surface area (Å²) in [5.41, 5.74) is 0. The third-order valence-corrected chi connectivity index (χ3v) is 3.42. The molecule has 0 nitrogen and oxygen atoms in total. The molecule has 48 valence electrons. The maximum Gasteiger partial charge on any atom is 0.0681 e. The van der Waals surface area contributed by atoms with Gasteiger partial charge in [0.05, 0.1) is 5.02 Å². The molecule has 1 rings (SSSR count). The van der Waals surface area contributed by atoms with Gasteiger partial charge in [0, 0.05) is 8.04 Å². The fraction of sp³-hybridized carbons (Fsp3) is 0. The van der Waals surface area contributed by atoms with Gasteiger partial charge in [-0.3, -0.25) is 0 Å². The molecule has 0 fully saturated rings. The average molecular weight is 317 g/mol. The molecule has 0 aromatic heterocycles. The van der Waals surface area contributed by atoms with Crippen molar-refractivity contribution < 1.29 is 0 Å². The van der Waals surface area contributed by atoms with E-state index in [1.54, 1.807) is 0 Å². The first-order chi connectivity index (χ1) is 4.22. The van der Waals surface area contributed by atoms with Crippen LogP contribution in [0.5, 0.6) is 0 Å². The van der Waals surface area contributed by atoms with Crippen LogP contribution in [-0.2, 0) is 0 Å². The Morgan fingerprint density at radius 2 is 2.11 bits per heavy atom. The highest BCUT2D eigenvalue weighted by atomic mass is 127. The molecule has 0 N–H and O–H groups in total. The van der Waals surface area contributed by atoms with Crippen molar-refractivity contribution in [3.8, 4) is 0 Å². The van der Waals surface area contributed by atoms with Crippen LogP contribution in [0.15, 0.2) is 22.7 Å². The van der Waals surface area contributed by atoms with Crippen molar-refractivity contribution in [2.45, 2.75) is 0 Å². The molecule has 0 atom stereocenters. The Morgan fingerprint density at radius 1 is 1.44 bits per heavy atom. The van der Waals surface area contributed by atoms with E-state index < -0.39 is 0 Å². The minimum absolute atomic E-state index is 0.790. The van der Waals surface area contributed by atoms with Gasteiger partial charge in [-0.25, -0.2) is 0 Å². The molecule has 0 saturated carbocycles. The van der Waals surface area contributed by atoms with E-state index in [0.717, 1.165) is 13.1 Å². The molecule has 0 aliphatic carbocycles. The maximum atomic E-state index is 5.82. The van der Waals surface area contributed by atoms with Crippen molar-refractivity contribution in [1.29, 1.82) is 0 Å². The molecular weight excluding hydrogens is 314 g/mol. The zero-order chi connectivity index (χ0) is 6.85. The van der Waals surface area contributed by atoms with E-state index in [1.807, 2.05) is 18.2 Å². The van der Waals surface area contributed by atoms with Crippen LogP contribution < -0.4 is 0 Å². The Hall–Kier alpha value is 0.720. The Kier molecular flexibility index (Phi) is 2.79. The summed E-state index contributed by atoms with van der Waals surface area (Å²) in [7, 11) is 0. The van der Waals surface area contributed by atoms with Crippen molar-refractivity contribution in [1.82, 2.24) is 0 Å². The van der Waals surface area contributed by atoms with Crippen molar-refractivity contribution in [2.75, 3.05) is 0 Å². The highest BCUT2D eigenvalue weighted by molar-refractivity contribution is 14.1. The summed E-state index contributed by atoms with van der Waals surface area (Å²) in [6.07, 6.45) is 0. The van der Waals surface area contributed by atoms with Gasteiger partial charge in [0.25, 0.3) is 0 Å².